The summed E-state index contributed by atoms with van der Waals surface area (Å²) in [4.78, 5) is 33.6. The maximum Gasteiger partial charge on any atom is 0.307 e. The van der Waals surface area contributed by atoms with Crippen molar-refractivity contribution in [1.82, 2.24) is 0 Å². The van der Waals surface area contributed by atoms with Crippen LogP contribution in [0.4, 0.5) is 0 Å². The lowest BCUT2D eigenvalue weighted by Crippen LogP contribution is -2.20. The van der Waals surface area contributed by atoms with E-state index in [0.717, 1.165) is 11.1 Å². The van der Waals surface area contributed by atoms with Crippen LogP contribution in [0.15, 0.2) is 35.1 Å². The fourth-order valence-electron chi connectivity index (χ4n) is 1.87. The van der Waals surface area contributed by atoms with Crippen LogP contribution in [0.2, 0.25) is 0 Å². The van der Waals surface area contributed by atoms with Gasteiger partial charge < -0.3 is 14.2 Å². The van der Waals surface area contributed by atoms with E-state index in [4.69, 9.17) is 14.2 Å². The molecule has 0 aliphatic carbocycles. The summed E-state index contributed by atoms with van der Waals surface area (Å²) in [5.74, 6) is 4.54. The molecule has 148 valence electrons. The van der Waals surface area contributed by atoms with E-state index in [-0.39, 0.29) is 13.0 Å². The van der Waals surface area contributed by atoms with Crippen LogP contribution >= 0.6 is 0 Å². The Hall–Kier alpha value is -2.81. The molecule has 0 aromatic heterocycles. The van der Waals surface area contributed by atoms with Crippen LogP contribution in [0.1, 0.15) is 54.4 Å². The van der Waals surface area contributed by atoms with Crippen LogP contribution < -0.4 is 0 Å². The molecular weight excluding hydrogens is 348 g/mol. The van der Waals surface area contributed by atoms with Crippen molar-refractivity contribution in [3.05, 3.63) is 35.1 Å². The van der Waals surface area contributed by atoms with Gasteiger partial charge in [0.2, 0.25) is 0 Å². The largest absolute Gasteiger partial charge is 0.466 e. The number of carbonyl (C=O) groups is 3. The molecule has 0 fully saturated rings. The highest BCUT2D eigenvalue weighted by atomic mass is 16.6. The lowest BCUT2D eigenvalue weighted by atomic mass is 10.0. The number of hydrogen-bond donors (Lipinski definition) is 0. The number of hydrogen-bond acceptors (Lipinski definition) is 6. The van der Waals surface area contributed by atoms with E-state index in [0.29, 0.717) is 12.0 Å². The maximum absolute atomic E-state index is 11.5. The molecule has 0 amide bonds. The predicted molar refractivity (Wildman–Crippen MR) is 102 cm³/mol. The average molecular weight is 376 g/mol. The van der Waals surface area contributed by atoms with E-state index in [1.54, 1.807) is 0 Å². The van der Waals surface area contributed by atoms with Gasteiger partial charge in [0.05, 0.1) is 12.9 Å². The molecule has 6 nitrogen and oxygen atoms in total. The first-order valence-electron chi connectivity index (χ1n) is 8.60. The van der Waals surface area contributed by atoms with Crippen LogP contribution in [-0.2, 0) is 28.6 Å². The summed E-state index contributed by atoms with van der Waals surface area (Å²) < 4.78 is 15.2. The van der Waals surface area contributed by atoms with E-state index in [9.17, 15) is 14.4 Å². The second kappa shape index (κ2) is 13.4. The number of esters is 3. The zero-order chi connectivity index (χ0) is 20.8. The third-order valence-electron chi connectivity index (χ3n) is 3.06. The van der Waals surface area contributed by atoms with Crippen molar-refractivity contribution < 1.29 is 28.6 Å². The molecule has 0 unspecified atom stereocenters. The van der Waals surface area contributed by atoms with Gasteiger partial charge in [-0.15, -0.1) is 0 Å². The van der Waals surface area contributed by atoms with Gasteiger partial charge in [0.15, 0.2) is 0 Å². The summed E-state index contributed by atoms with van der Waals surface area (Å²) in [5, 5.41) is 0. The molecule has 0 radical (unpaired) electrons. The summed E-state index contributed by atoms with van der Waals surface area (Å²) in [6.45, 7) is 9.72. The monoisotopic (exact) mass is 376 g/mol. The molecule has 27 heavy (non-hydrogen) atoms. The van der Waals surface area contributed by atoms with Crippen LogP contribution in [0, 0.1) is 11.8 Å². The van der Waals surface area contributed by atoms with Gasteiger partial charge in [-0.3, -0.25) is 14.4 Å². The highest BCUT2D eigenvalue weighted by molar-refractivity contribution is 5.67. The van der Waals surface area contributed by atoms with Crippen molar-refractivity contribution in [3.63, 3.8) is 0 Å². The van der Waals surface area contributed by atoms with Gasteiger partial charge in [-0.1, -0.05) is 23.5 Å². The molecule has 1 atom stereocenters. The van der Waals surface area contributed by atoms with Crippen LogP contribution in [0.3, 0.4) is 0 Å². The number of ether oxygens (including phenoxy) is 3. The summed E-state index contributed by atoms with van der Waals surface area (Å²) >= 11 is 0. The van der Waals surface area contributed by atoms with Crippen LogP contribution in [0.25, 0.3) is 0 Å². The molecule has 0 saturated carbocycles. The molecule has 0 aromatic carbocycles. The van der Waals surface area contributed by atoms with Gasteiger partial charge in [-0.05, 0) is 32.4 Å². The summed E-state index contributed by atoms with van der Waals surface area (Å²) in [6.07, 6.45) is 4.86. The highest BCUT2D eigenvalue weighted by Gasteiger charge is 2.18. The van der Waals surface area contributed by atoms with Gasteiger partial charge >= 0.3 is 17.9 Å². The summed E-state index contributed by atoms with van der Waals surface area (Å²) in [5.41, 5.74) is 2.45. The molecular formula is C21H28O6. The Morgan fingerprint density at radius 1 is 0.963 bits per heavy atom. The van der Waals surface area contributed by atoms with Gasteiger partial charge in [-0.2, -0.15) is 0 Å². The fourth-order valence-corrected chi connectivity index (χ4v) is 1.87. The zero-order valence-electron chi connectivity index (χ0n) is 16.9. The van der Waals surface area contributed by atoms with Gasteiger partial charge in [-0.25, -0.2) is 0 Å². The molecule has 0 aliphatic heterocycles. The summed E-state index contributed by atoms with van der Waals surface area (Å²) in [6, 6.07) is 0. The first-order valence-corrected chi connectivity index (χ1v) is 8.60. The highest BCUT2D eigenvalue weighted by Crippen LogP contribution is 2.18. The van der Waals surface area contributed by atoms with E-state index in [1.807, 2.05) is 32.9 Å². The predicted octanol–water partition coefficient (Wildman–Crippen LogP) is 3.62. The summed E-state index contributed by atoms with van der Waals surface area (Å²) in [7, 11) is 0. The molecule has 0 aliphatic rings. The average Bonchev–Trinajstić information content (AvgIpc) is 2.53. The fraction of sp³-hybridized carbons (Fsp3) is 0.476. The van der Waals surface area contributed by atoms with Crippen LogP contribution in [0.5, 0.6) is 0 Å². The van der Waals surface area contributed by atoms with Gasteiger partial charge in [0, 0.05) is 39.2 Å². The number of carbonyl (C=O) groups excluding carboxylic acids is 3. The third kappa shape index (κ3) is 14.1. The Kier molecular flexibility index (Phi) is 12.0. The molecule has 0 spiro atoms. The zero-order valence-corrected chi connectivity index (χ0v) is 16.9. The van der Waals surface area contributed by atoms with Crippen molar-refractivity contribution in [3.8, 4) is 11.8 Å². The molecule has 0 bridgehead atoms. The van der Waals surface area contributed by atoms with Crippen molar-refractivity contribution in [2.75, 3.05) is 6.61 Å². The molecule has 6 heteroatoms. The Balaban J connectivity index is 5.38. The lowest BCUT2D eigenvalue weighted by Gasteiger charge is -2.19. The first kappa shape index (κ1) is 24.2. The van der Waals surface area contributed by atoms with E-state index in [1.165, 1.54) is 27.0 Å². The standard InChI is InChI=1S/C21H28O6/c1-15(2)8-7-9-16(3)10-11-21(27-19(6)24)20(14-26-18(5)23)12-13-25-17(4)22/h8,10,14,21H,11-13H2,1-6H3/b16-10+,20-14-/t21-/m0/s1. The molecule has 0 saturated heterocycles. The second-order valence-corrected chi connectivity index (χ2v) is 6.10. The van der Waals surface area contributed by atoms with Gasteiger partial charge in [0.1, 0.15) is 6.10 Å². The Morgan fingerprint density at radius 3 is 2.15 bits per heavy atom. The lowest BCUT2D eigenvalue weighted by molar-refractivity contribution is -0.145. The maximum atomic E-state index is 11.5. The normalized spacial score (nSPS) is 12.2. The molecule has 0 heterocycles. The number of rotatable bonds is 8. The van der Waals surface area contributed by atoms with Crippen molar-refractivity contribution >= 4 is 17.9 Å². The second-order valence-electron chi connectivity index (χ2n) is 6.10. The quantitative estimate of drug-likeness (QED) is 0.279. The Labute approximate surface area is 161 Å². The van der Waals surface area contributed by atoms with Crippen LogP contribution in [-0.4, -0.2) is 30.6 Å². The number of allylic oxidation sites excluding steroid dienone is 3. The minimum absolute atomic E-state index is 0.0866. The van der Waals surface area contributed by atoms with E-state index >= 15 is 0 Å². The SMILES string of the molecule is CC(=O)O/C=C(/CCOC(C)=O)[C@H](C/C=C(\C)C#CC=C(C)C)OC(C)=O. The van der Waals surface area contributed by atoms with Crippen molar-refractivity contribution in [2.45, 2.75) is 60.5 Å². The van der Waals surface area contributed by atoms with E-state index < -0.39 is 24.0 Å². The third-order valence-corrected chi connectivity index (χ3v) is 3.06. The topological polar surface area (TPSA) is 78.9 Å². The van der Waals surface area contributed by atoms with Crippen molar-refractivity contribution in [1.29, 1.82) is 0 Å². The minimum atomic E-state index is -0.655. The molecule has 0 aromatic rings. The minimum Gasteiger partial charge on any atom is -0.466 e. The van der Waals surface area contributed by atoms with E-state index in [2.05, 4.69) is 11.8 Å². The first-order chi connectivity index (χ1) is 12.6. The Bertz CT molecular complexity index is 681. The smallest absolute Gasteiger partial charge is 0.307 e. The molecule has 0 N–H and O–H groups in total. The van der Waals surface area contributed by atoms with Crippen molar-refractivity contribution in [2.24, 2.45) is 0 Å². The molecule has 0 rings (SSSR count). The Morgan fingerprint density at radius 2 is 1.63 bits per heavy atom. The van der Waals surface area contributed by atoms with Gasteiger partial charge in [0.25, 0.3) is 0 Å².